The van der Waals surface area contributed by atoms with Crippen LogP contribution in [0.4, 0.5) is 0 Å². The van der Waals surface area contributed by atoms with E-state index in [-0.39, 0.29) is 0 Å². The van der Waals surface area contributed by atoms with E-state index in [9.17, 15) is 10.2 Å². The predicted octanol–water partition coefficient (Wildman–Crippen LogP) is 0.230. The fourth-order valence-corrected chi connectivity index (χ4v) is 1.99. The maximum atomic E-state index is 10.3. The summed E-state index contributed by atoms with van der Waals surface area (Å²) in [5.74, 6) is 0. The smallest absolute Gasteiger partial charge is 0.108 e. The third kappa shape index (κ3) is 2.17. The lowest BCUT2D eigenvalue weighted by atomic mass is 9.83. The van der Waals surface area contributed by atoms with E-state index in [4.69, 9.17) is 0 Å². The maximum Gasteiger partial charge on any atom is 0.108 e. The first-order valence-corrected chi connectivity index (χ1v) is 5.23. The fourth-order valence-electron chi connectivity index (χ4n) is 1.99. The molecule has 0 radical (unpaired) electrons. The highest BCUT2D eigenvalue weighted by Gasteiger charge is 2.37. The Balaban J connectivity index is 2.16. The van der Waals surface area contributed by atoms with Gasteiger partial charge in [0.05, 0.1) is 5.60 Å². The molecule has 1 aliphatic heterocycles. The second-order valence-electron chi connectivity index (χ2n) is 4.04. The standard InChI is InChI=1S/C11H16N2O2/c14-10(9-1-5-12-6-2-9)11(15)3-7-13-8-4-11/h1-2,5-6,10,13-15H,3-4,7-8H2. The molecule has 0 amide bonds. The molecule has 4 heteroatoms. The Morgan fingerprint density at radius 3 is 2.47 bits per heavy atom. The molecule has 1 fully saturated rings. The molecule has 0 bridgehead atoms. The Kier molecular flexibility index (Phi) is 3.00. The minimum absolute atomic E-state index is 0.580. The Hall–Kier alpha value is -0.970. The van der Waals surface area contributed by atoms with Gasteiger partial charge >= 0.3 is 0 Å². The Bertz CT molecular complexity index is 310. The highest BCUT2D eigenvalue weighted by atomic mass is 16.3. The molecule has 82 valence electrons. The predicted molar refractivity (Wildman–Crippen MR) is 56.3 cm³/mol. The third-order valence-electron chi connectivity index (χ3n) is 3.00. The van der Waals surface area contributed by atoms with Gasteiger partial charge in [-0.05, 0) is 43.6 Å². The van der Waals surface area contributed by atoms with Gasteiger partial charge < -0.3 is 15.5 Å². The molecule has 15 heavy (non-hydrogen) atoms. The molecule has 0 aromatic carbocycles. The minimum atomic E-state index is -0.993. The second-order valence-corrected chi connectivity index (χ2v) is 4.04. The largest absolute Gasteiger partial charge is 0.387 e. The zero-order valence-electron chi connectivity index (χ0n) is 8.56. The van der Waals surface area contributed by atoms with E-state index in [0.29, 0.717) is 12.8 Å². The average molecular weight is 208 g/mol. The van der Waals surface area contributed by atoms with E-state index in [2.05, 4.69) is 10.3 Å². The number of rotatable bonds is 2. The number of aromatic nitrogens is 1. The van der Waals surface area contributed by atoms with Crippen molar-refractivity contribution in [2.75, 3.05) is 13.1 Å². The van der Waals surface area contributed by atoms with Crippen molar-refractivity contribution in [2.24, 2.45) is 0 Å². The van der Waals surface area contributed by atoms with Gasteiger partial charge in [0.1, 0.15) is 6.10 Å². The zero-order chi connectivity index (χ0) is 10.7. The molecule has 1 aromatic rings. The third-order valence-corrected chi connectivity index (χ3v) is 3.00. The molecular weight excluding hydrogens is 192 g/mol. The molecule has 1 aromatic heterocycles. The van der Waals surface area contributed by atoms with Gasteiger partial charge in [0, 0.05) is 12.4 Å². The number of hydrogen-bond acceptors (Lipinski definition) is 4. The number of aliphatic hydroxyl groups is 2. The van der Waals surface area contributed by atoms with Gasteiger partial charge in [-0.3, -0.25) is 4.98 Å². The molecular formula is C11H16N2O2. The van der Waals surface area contributed by atoms with E-state index in [0.717, 1.165) is 18.7 Å². The van der Waals surface area contributed by atoms with Crippen LogP contribution in [0.5, 0.6) is 0 Å². The lowest BCUT2D eigenvalue weighted by Gasteiger charge is -2.36. The molecule has 3 N–H and O–H groups in total. The number of nitrogens with zero attached hydrogens (tertiary/aromatic N) is 1. The Morgan fingerprint density at radius 1 is 1.27 bits per heavy atom. The van der Waals surface area contributed by atoms with Crippen molar-refractivity contribution in [3.05, 3.63) is 30.1 Å². The molecule has 1 saturated heterocycles. The van der Waals surface area contributed by atoms with Gasteiger partial charge in [-0.2, -0.15) is 0 Å². The van der Waals surface area contributed by atoms with Crippen molar-refractivity contribution < 1.29 is 10.2 Å². The fraction of sp³-hybridized carbons (Fsp3) is 0.545. The van der Waals surface area contributed by atoms with Crippen molar-refractivity contribution >= 4 is 0 Å². The van der Waals surface area contributed by atoms with Crippen molar-refractivity contribution in [1.82, 2.24) is 10.3 Å². The van der Waals surface area contributed by atoms with Crippen LogP contribution in [0.2, 0.25) is 0 Å². The maximum absolute atomic E-state index is 10.3. The Labute approximate surface area is 89.0 Å². The number of hydrogen-bond donors (Lipinski definition) is 3. The topological polar surface area (TPSA) is 65.4 Å². The normalized spacial score (nSPS) is 22.3. The summed E-state index contributed by atoms with van der Waals surface area (Å²) in [7, 11) is 0. The summed E-state index contributed by atoms with van der Waals surface area (Å²) in [5.41, 5.74) is -0.263. The van der Waals surface area contributed by atoms with Crippen LogP contribution >= 0.6 is 0 Å². The average Bonchev–Trinajstić information content (AvgIpc) is 2.30. The van der Waals surface area contributed by atoms with E-state index in [1.165, 1.54) is 0 Å². The molecule has 1 aliphatic rings. The molecule has 1 unspecified atom stereocenters. The zero-order valence-corrected chi connectivity index (χ0v) is 8.56. The van der Waals surface area contributed by atoms with Crippen LogP contribution < -0.4 is 5.32 Å². The van der Waals surface area contributed by atoms with Crippen molar-refractivity contribution in [1.29, 1.82) is 0 Å². The summed E-state index contributed by atoms with van der Waals surface area (Å²) < 4.78 is 0. The Morgan fingerprint density at radius 2 is 1.87 bits per heavy atom. The first-order valence-electron chi connectivity index (χ1n) is 5.23. The quantitative estimate of drug-likeness (QED) is 0.651. The number of pyridine rings is 1. The lowest BCUT2D eigenvalue weighted by molar-refractivity contribution is -0.0949. The number of aliphatic hydroxyl groups excluding tert-OH is 1. The van der Waals surface area contributed by atoms with Crippen LogP contribution in [-0.2, 0) is 0 Å². The molecule has 4 nitrogen and oxygen atoms in total. The molecule has 2 rings (SSSR count). The number of piperidine rings is 1. The van der Waals surface area contributed by atoms with Crippen LogP contribution in [0.1, 0.15) is 24.5 Å². The molecule has 1 atom stereocenters. The summed E-state index contributed by atoms with van der Waals surface area (Å²) >= 11 is 0. The van der Waals surface area contributed by atoms with Crippen molar-refractivity contribution in [3.8, 4) is 0 Å². The van der Waals surface area contributed by atoms with Gasteiger partial charge in [-0.15, -0.1) is 0 Å². The summed E-state index contributed by atoms with van der Waals surface area (Å²) in [4.78, 5) is 3.89. The minimum Gasteiger partial charge on any atom is -0.387 e. The summed E-state index contributed by atoms with van der Waals surface area (Å²) in [6, 6.07) is 3.48. The second kappa shape index (κ2) is 4.26. The monoisotopic (exact) mass is 208 g/mol. The molecule has 0 spiro atoms. The van der Waals surface area contributed by atoms with Crippen LogP contribution in [0.15, 0.2) is 24.5 Å². The van der Waals surface area contributed by atoms with Crippen LogP contribution in [0.3, 0.4) is 0 Å². The van der Waals surface area contributed by atoms with Gasteiger partial charge in [0.15, 0.2) is 0 Å². The van der Waals surface area contributed by atoms with Gasteiger partial charge in [0.25, 0.3) is 0 Å². The van der Waals surface area contributed by atoms with Crippen LogP contribution in [0, 0.1) is 0 Å². The van der Waals surface area contributed by atoms with Gasteiger partial charge in [-0.25, -0.2) is 0 Å². The van der Waals surface area contributed by atoms with E-state index in [1.54, 1.807) is 24.5 Å². The number of nitrogens with one attached hydrogen (secondary N) is 1. The van der Waals surface area contributed by atoms with Crippen LogP contribution in [0.25, 0.3) is 0 Å². The highest BCUT2D eigenvalue weighted by molar-refractivity contribution is 5.17. The van der Waals surface area contributed by atoms with E-state index >= 15 is 0 Å². The van der Waals surface area contributed by atoms with Gasteiger partial charge in [0.2, 0.25) is 0 Å². The molecule has 0 aliphatic carbocycles. The van der Waals surface area contributed by atoms with Gasteiger partial charge in [-0.1, -0.05) is 0 Å². The molecule has 0 saturated carbocycles. The highest BCUT2D eigenvalue weighted by Crippen LogP contribution is 2.32. The lowest BCUT2D eigenvalue weighted by Crippen LogP contribution is -2.46. The molecule has 2 heterocycles. The first-order chi connectivity index (χ1) is 7.22. The van der Waals surface area contributed by atoms with Crippen LogP contribution in [-0.4, -0.2) is 33.9 Å². The van der Waals surface area contributed by atoms with Crippen molar-refractivity contribution in [3.63, 3.8) is 0 Å². The van der Waals surface area contributed by atoms with E-state index in [1.807, 2.05) is 0 Å². The summed E-state index contributed by atoms with van der Waals surface area (Å²) in [5, 5.41) is 23.5. The first kappa shape index (κ1) is 10.5. The van der Waals surface area contributed by atoms with E-state index < -0.39 is 11.7 Å². The summed E-state index contributed by atoms with van der Waals surface area (Å²) in [6.45, 7) is 1.50. The SMILES string of the molecule is OC(c1ccncc1)C1(O)CCNCC1. The summed E-state index contributed by atoms with van der Waals surface area (Å²) in [6.07, 6.45) is 3.60. The van der Waals surface area contributed by atoms with Crippen molar-refractivity contribution in [2.45, 2.75) is 24.5 Å².